The normalized spacial score (nSPS) is 20.9. The third-order valence-corrected chi connectivity index (χ3v) is 5.73. The van der Waals surface area contributed by atoms with Crippen LogP contribution in [0.2, 0.25) is 0 Å². The summed E-state index contributed by atoms with van der Waals surface area (Å²) in [5.74, 6) is 0.619. The Labute approximate surface area is 163 Å². The number of hydrogen-bond acceptors (Lipinski definition) is 4. The van der Waals surface area contributed by atoms with Crippen molar-refractivity contribution in [1.29, 1.82) is 0 Å². The van der Waals surface area contributed by atoms with Crippen LogP contribution in [0.4, 0.5) is 0 Å². The van der Waals surface area contributed by atoms with E-state index in [9.17, 15) is 0 Å². The zero-order valence-electron chi connectivity index (χ0n) is 16.9. The third kappa shape index (κ3) is 5.83. The number of unbranched alkanes of at least 4 members (excludes halogenated alkanes) is 1. The van der Waals surface area contributed by atoms with Crippen LogP contribution in [0.5, 0.6) is 0 Å². The minimum Gasteiger partial charge on any atom is -0.375 e. The second-order valence-corrected chi connectivity index (χ2v) is 7.94. The number of aromatic nitrogens is 3. The van der Waals surface area contributed by atoms with Crippen molar-refractivity contribution in [2.45, 2.75) is 83.2 Å². The number of aryl methyl sites for hydroxylation is 2. The van der Waals surface area contributed by atoms with Crippen LogP contribution in [0.15, 0.2) is 36.8 Å². The average Bonchev–Trinajstić information content (AvgIpc) is 3.16. The Hall–Kier alpha value is -1.81. The van der Waals surface area contributed by atoms with Crippen LogP contribution in [0.1, 0.15) is 81.3 Å². The third-order valence-electron chi connectivity index (χ3n) is 5.73. The predicted molar refractivity (Wildman–Crippen MR) is 109 cm³/mol. The van der Waals surface area contributed by atoms with Crippen LogP contribution in [-0.2, 0) is 11.2 Å². The lowest BCUT2D eigenvalue weighted by atomic mass is 9.83. The Morgan fingerprint density at radius 2 is 1.96 bits per heavy atom. The minimum absolute atomic E-state index is 0.209. The van der Waals surface area contributed by atoms with Gasteiger partial charge in [0.15, 0.2) is 0 Å². The van der Waals surface area contributed by atoms with Crippen molar-refractivity contribution >= 4 is 0 Å². The first-order valence-corrected chi connectivity index (χ1v) is 10.5. The van der Waals surface area contributed by atoms with E-state index in [0.717, 1.165) is 30.8 Å². The van der Waals surface area contributed by atoms with Gasteiger partial charge < -0.3 is 4.74 Å². The lowest BCUT2D eigenvalue weighted by Crippen LogP contribution is -2.36. The van der Waals surface area contributed by atoms with Gasteiger partial charge in [-0.15, -0.1) is 0 Å². The molecule has 1 saturated heterocycles. The summed E-state index contributed by atoms with van der Waals surface area (Å²) >= 11 is 0. The molecule has 2 aliphatic rings. The molecule has 2 aromatic rings. The van der Waals surface area contributed by atoms with E-state index in [1.54, 1.807) is 0 Å². The molecule has 2 aromatic heterocycles. The standard InChI is InChI=1S/C14H19NO.C9H14N2/c1-4-9-15-13(5-1)12-6-10-16-14(11-12)7-2-3-8-14;1-3-4-5-9-7-10-8(2)6-11-9/h1,4-5,9,12H,2-3,6-8,10-11H2;6-7H,3-5H2,1-2H3/t12-;/m1./s1. The molecule has 0 bridgehead atoms. The fourth-order valence-electron chi connectivity index (χ4n) is 4.17. The van der Waals surface area contributed by atoms with Crippen molar-refractivity contribution in [2.24, 2.45) is 0 Å². The molecule has 0 unspecified atom stereocenters. The molecule has 0 amide bonds. The van der Waals surface area contributed by atoms with E-state index in [1.165, 1.54) is 50.6 Å². The van der Waals surface area contributed by atoms with E-state index >= 15 is 0 Å². The van der Waals surface area contributed by atoms with Gasteiger partial charge in [-0.25, -0.2) is 0 Å². The summed E-state index contributed by atoms with van der Waals surface area (Å²) in [6.45, 7) is 5.06. The maximum atomic E-state index is 6.05. The van der Waals surface area contributed by atoms with Crippen LogP contribution in [0.25, 0.3) is 0 Å². The summed E-state index contributed by atoms with van der Waals surface area (Å²) in [5.41, 5.74) is 3.57. The van der Waals surface area contributed by atoms with Crippen molar-refractivity contribution in [1.82, 2.24) is 15.0 Å². The Morgan fingerprint density at radius 3 is 2.63 bits per heavy atom. The lowest BCUT2D eigenvalue weighted by molar-refractivity contribution is -0.0809. The van der Waals surface area contributed by atoms with E-state index in [-0.39, 0.29) is 5.60 Å². The van der Waals surface area contributed by atoms with Crippen LogP contribution in [0.3, 0.4) is 0 Å². The van der Waals surface area contributed by atoms with Gasteiger partial charge in [0.05, 0.1) is 17.0 Å². The molecule has 0 radical (unpaired) electrons. The van der Waals surface area contributed by atoms with Gasteiger partial charge in [-0.2, -0.15) is 0 Å². The Balaban J connectivity index is 0.000000168. The van der Waals surface area contributed by atoms with Crippen molar-refractivity contribution in [3.63, 3.8) is 0 Å². The Kier molecular flexibility index (Phi) is 7.33. The SMILES string of the molecule is CCCCc1cnc(C)cn1.c1ccc([C@@H]2CCOC3(CCCC3)C2)nc1. The number of nitrogens with zero attached hydrogens (tertiary/aromatic N) is 3. The molecule has 3 heterocycles. The quantitative estimate of drug-likeness (QED) is 0.724. The smallest absolute Gasteiger partial charge is 0.0689 e. The van der Waals surface area contributed by atoms with Gasteiger partial charge in [-0.1, -0.05) is 32.3 Å². The molecule has 146 valence electrons. The second-order valence-electron chi connectivity index (χ2n) is 7.94. The zero-order valence-corrected chi connectivity index (χ0v) is 16.9. The van der Waals surface area contributed by atoms with Crippen LogP contribution in [-0.4, -0.2) is 27.2 Å². The van der Waals surface area contributed by atoms with Crippen molar-refractivity contribution < 1.29 is 4.74 Å². The zero-order chi connectivity index (χ0) is 19.0. The minimum atomic E-state index is 0.209. The monoisotopic (exact) mass is 367 g/mol. The van der Waals surface area contributed by atoms with Crippen molar-refractivity contribution in [3.05, 3.63) is 53.9 Å². The van der Waals surface area contributed by atoms with Gasteiger partial charge in [0.1, 0.15) is 0 Å². The molecule has 0 N–H and O–H groups in total. The molecule has 1 saturated carbocycles. The molecule has 1 atom stereocenters. The molecule has 1 aliphatic heterocycles. The first-order chi connectivity index (χ1) is 13.2. The van der Waals surface area contributed by atoms with Gasteiger partial charge in [-0.3, -0.25) is 15.0 Å². The van der Waals surface area contributed by atoms with Crippen molar-refractivity contribution in [3.8, 4) is 0 Å². The van der Waals surface area contributed by atoms with Gasteiger partial charge in [0, 0.05) is 36.8 Å². The van der Waals surface area contributed by atoms with Gasteiger partial charge in [0.2, 0.25) is 0 Å². The highest BCUT2D eigenvalue weighted by Gasteiger charge is 2.40. The molecule has 1 spiro atoms. The van der Waals surface area contributed by atoms with Crippen molar-refractivity contribution in [2.75, 3.05) is 6.61 Å². The molecule has 2 fully saturated rings. The van der Waals surface area contributed by atoms with E-state index in [1.807, 2.05) is 31.6 Å². The van der Waals surface area contributed by atoms with E-state index < -0.39 is 0 Å². The van der Waals surface area contributed by atoms with E-state index in [0.29, 0.717) is 5.92 Å². The summed E-state index contributed by atoms with van der Waals surface area (Å²) in [7, 11) is 0. The van der Waals surface area contributed by atoms with Gasteiger partial charge in [0.25, 0.3) is 0 Å². The topological polar surface area (TPSA) is 47.9 Å². The highest BCUT2D eigenvalue weighted by Crippen LogP contribution is 2.44. The molecule has 0 aromatic carbocycles. The van der Waals surface area contributed by atoms with Gasteiger partial charge >= 0.3 is 0 Å². The second kappa shape index (κ2) is 9.93. The van der Waals surface area contributed by atoms with Crippen LogP contribution in [0, 0.1) is 6.92 Å². The first-order valence-electron chi connectivity index (χ1n) is 10.5. The number of hydrogen-bond donors (Lipinski definition) is 0. The maximum Gasteiger partial charge on any atom is 0.0689 e. The van der Waals surface area contributed by atoms with Crippen LogP contribution < -0.4 is 0 Å². The molecular weight excluding hydrogens is 334 g/mol. The molecule has 4 nitrogen and oxygen atoms in total. The fraction of sp³-hybridized carbons (Fsp3) is 0.609. The summed E-state index contributed by atoms with van der Waals surface area (Å²) in [5, 5.41) is 0. The average molecular weight is 368 g/mol. The largest absolute Gasteiger partial charge is 0.375 e. The van der Waals surface area contributed by atoms with Crippen LogP contribution >= 0.6 is 0 Å². The fourth-order valence-corrected chi connectivity index (χ4v) is 4.17. The molecule has 4 rings (SSSR count). The number of ether oxygens (including phenoxy) is 1. The summed E-state index contributed by atoms with van der Waals surface area (Å²) in [6, 6.07) is 6.26. The summed E-state index contributed by atoms with van der Waals surface area (Å²) in [6.07, 6.45) is 16.6. The predicted octanol–water partition coefficient (Wildman–Crippen LogP) is 5.42. The molecule has 1 aliphatic carbocycles. The highest BCUT2D eigenvalue weighted by atomic mass is 16.5. The van der Waals surface area contributed by atoms with E-state index in [2.05, 4.69) is 34.0 Å². The molecular formula is C23H33N3O. The maximum absolute atomic E-state index is 6.05. The number of rotatable bonds is 4. The van der Waals surface area contributed by atoms with E-state index in [4.69, 9.17) is 4.74 Å². The summed E-state index contributed by atoms with van der Waals surface area (Å²) in [4.78, 5) is 12.9. The molecule has 4 heteroatoms. The Morgan fingerprint density at radius 1 is 1.11 bits per heavy atom. The first kappa shape index (κ1) is 19.9. The van der Waals surface area contributed by atoms with Gasteiger partial charge in [-0.05, 0) is 57.6 Å². The number of pyridine rings is 1. The lowest BCUT2D eigenvalue weighted by Gasteiger charge is -2.38. The Bertz CT molecular complexity index is 666. The summed E-state index contributed by atoms with van der Waals surface area (Å²) < 4.78 is 6.05. The highest BCUT2D eigenvalue weighted by molar-refractivity contribution is 5.12. The molecule has 27 heavy (non-hydrogen) atoms.